The lowest BCUT2D eigenvalue weighted by atomic mass is 9.82. The van der Waals surface area contributed by atoms with Gasteiger partial charge in [0, 0.05) is 12.1 Å². The third-order valence-electron chi connectivity index (χ3n) is 5.22. The summed E-state index contributed by atoms with van der Waals surface area (Å²) in [5, 5.41) is 0. The maximum Gasteiger partial charge on any atom is 0.266 e. The topological polar surface area (TPSA) is 33.2 Å². The lowest BCUT2D eigenvalue weighted by Gasteiger charge is -2.38. The Hall–Kier alpha value is -1.16. The van der Waals surface area contributed by atoms with E-state index in [-0.39, 0.29) is 5.91 Å². The van der Waals surface area contributed by atoms with Crippen molar-refractivity contribution in [2.24, 2.45) is 0 Å². The summed E-state index contributed by atoms with van der Waals surface area (Å²) in [6, 6.07) is 0.900. The van der Waals surface area contributed by atoms with E-state index in [1.165, 1.54) is 43.4 Å². The van der Waals surface area contributed by atoms with Crippen LogP contribution in [0, 0.1) is 6.92 Å². The van der Waals surface area contributed by atoms with Crippen LogP contribution in [0.5, 0.6) is 0 Å². The van der Waals surface area contributed by atoms with Crippen LogP contribution in [0.25, 0.3) is 0 Å². The highest BCUT2D eigenvalue weighted by Gasteiger charge is 2.43. The zero-order valence-corrected chi connectivity index (χ0v) is 12.7. The Labute approximate surface area is 123 Å². The van der Waals surface area contributed by atoms with Gasteiger partial charge in [0.2, 0.25) is 0 Å². The predicted octanol–water partition coefficient (Wildman–Crippen LogP) is 3.70. The Morgan fingerprint density at radius 3 is 2.45 bits per heavy atom. The molecule has 106 valence electrons. The first-order chi connectivity index (χ1) is 9.74. The molecule has 1 saturated carbocycles. The number of thiazole rings is 1. The van der Waals surface area contributed by atoms with Crippen LogP contribution in [0.15, 0.2) is 16.7 Å². The number of carbonyl (C=O) groups is 1. The molecule has 3 heterocycles. The number of aryl methyl sites for hydroxylation is 1. The summed E-state index contributed by atoms with van der Waals surface area (Å²) in [7, 11) is 0. The van der Waals surface area contributed by atoms with E-state index in [1.807, 2.05) is 6.92 Å². The normalized spacial score (nSPS) is 28.8. The second-order valence-electron chi connectivity index (χ2n) is 6.33. The fourth-order valence-corrected chi connectivity index (χ4v) is 4.71. The van der Waals surface area contributed by atoms with E-state index in [1.54, 1.807) is 16.7 Å². The van der Waals surface area contributed by atoms with Gasteiger partial charge < -0.3 is 4.90 Å². The van der Waals surface area contributed by atoms with Gasteiger partial charge in [0.05, 0.1) is 11.2 Å². The molecule has 0 radical (unpaired) electrons. The van der Waals surface area contributed by atoms with E-state index < -0.39 is 0 Å². The van der Waals surface area contributed by atoms with Crippen LogP contribution >= 0.6 is 11.3 Å². The Kier molecular flexibility index (Phi) is 2.95. The zero-order valence-electron chi connectivity index (χ0n) is 11.9. The Morgan fingerprint density at radius 1 is 1.25 bits per heavy atom. The lowest BCUT2D eigenvalue weighted by Crippen LogP contribution is -2.45. The van der Waals surface area contributed by atoms with Crippen molar-refractivity contribution >= 4 is 17.2 Å². The average Bonchev–Trinajstić information content (AvgIpc) is 2.89. The molecule has 2 unspecified atom stereocenters. The number of hydrogen-bond acceptors (Lipinski definition) is 3. The minimum absolute atomic E-state index is 0.232. The fourth-order valence-electron chi connectivity index (χ4n) is 3.97. The molecule has 2 atom stereocenters. The molecule has 3 fully saturated rings. The zero-order chi connectivity index (χ0) is 13.7. The molecule has 4 heteroatoms. The molecular weight excluding hydrogens is 268 g/mol. The van der Waals surface area contributed by atoms with Crippen molar-refractivity contribution in [2.75, 3.05) is 0 Å². The fraction of sp³-hybridized carbons (Fsp3) is 0.625. The van der Waals surface area contributed by atoms with Gasteiger partial charge >= 0.3 is 0 Å². The number of hydrogen-bond donors (Lipinski definition) is 0. The SMILES string of the molecule is Cc1ncsc1C(=O)N1C2CCC1CC(=C1CCC1)C2. The maximum atomic E-state index is 12.8. The van der Waals surface area contributed by atoms with Gasteiger partial charge in [-0.05, 0) is 51.9 Å². The molecule has 0 N–H and O–H groups in total. The molecule has 20 heavy (non-hydrogen) atoms. The molecule has 4 rings (SSSR count). The summed E-state index contributed by atoms with van der Waals surface area (Å²) in [6.07, 6.45) is 8.64. The van der Waals surface area contributed by atoms with E-state index in [0.717, 1.165) is 23.4 Å². The van der Waals surface area contributed by atoms with Crippen LogP contribution in [0.2, 0.25) is 0 Å². The number of carbonyl (C=O) groups excluding carboxylic acids is 1. The summed E-state index contributed by atoms with van der Waals surface area (Å²) < 4.78 is 0. The van der Waals surface area contributed by atoms with Crippen molar-refractivity contribution < 1.29 is 4.79 Å². The quantitative estimate of drug-likeness (QED) is 0.738. The molecule has 3 aliphatic rings. The van der Waals surface area contributed by atoms with Gasteiger partial charge in [-0.1, -0.05) is 11.1 Å². The van der Waals surface area contributed by atoms with E-state index in [4.69, 9.17) is 0 Å². The van der Waals surface area contributed by atoms with Gasteiger partial charge in [0.1, 0.15) is 4.88 Å². The summed E-state index contributed by atoms with van der Waals surface area (Å²) in [6.45, 7) is 1.94. The molecule has 1 aliphatic carbocycles. The highest BCUT2D eigenvalue weighted by atomic mass is 32.1. The van der Waals surface area contributed by atoms with Gasteiger partial charge in [-0.25, -0.2) is 4.98 Å². The Morgan fingerprint density at radius 2 is 1.95 bits per heavy atom. The summed E-state index contributed by atoms with van der Waals surface area (Å²) >= 11 is 1.49. The van der Waals surface area contributed by atoms with E-state index in [2.05, 4.69) is 9.88 Å². The smallest absolute Gasteiger partial charge is 0.266 e. The van der Waals surface area contributed by atoms with Crippen molar-refractivity contribution in [3.63, 3.8) is 0 Å². The number of nitrogens with zero attached hydrogens (tertiary/aromatic N) is 2. The third kappa shape index (κ3) is 1.85. The summed E-state index contributed by atoms with van der Waals surface area (Å²) in [5.74, 6) is 0.232. The average molecular weight is 288 g/mol. The number of rotatable bonds is 1. The standard InChI is InChI=1S/C16H20N2OS/c1-10-15(20-9-17-10)16(19)18-13-5-6-14(18)8-12(7-13)11-3-2-4-11/h9,13-14H,2-8H2,1H3. The lowest BCUT2D eigenvalue weighted by molar-refractivity contribution is 0.0637. The highest BCUT2D eigenvalue weighted by molar-refractivity contribution is 7.11. The van der Waals surface area contributed by atoms with Crippen molar-refractivity contribution in [3.8, 4) is 0 Å². The molecule has 1 amide bonds. The Balaban J connectivity index is 1.59. The predicted molar refractivity (Wildman–Crippen MR) is 79.9 cm³/mol. The molecule has 0 spiro atoms. The van der Waals surface area contributed by atoms with Crippen molar-refractivity contribution in [2.45, 2.75) is 64.0 Å². The number of allylic oxidation sites excluding steroid dienone is 1. The van der Waals surface area contributed by atoms with Crippen LogP contribution in [0.1, 0.15) is 60.3 Å². The van der Waals surface area contributed by atoms with Crippen molar-refractivity contribution in [3.05, 3.63) is 27.2 Å². The number of fused-ring (bicyclic) bond motifs is 2. The number of piperidine rings is 1. The van der Waals surface area contributed by atoms with Crippen LogP contribution in [0.3, 0.4) is 0 Å². The Bertz CT molecular complexity index is 567. The van der Waals surface area contributed by atoms with Gasteiger partial charge in [0.25, 0.3) is 5.91 Å². The summed E-state index contributed by atoms with van der Waals surface area (Å²) in [4.78, 5) is 20.0. The molecule has 0 aromatic carbocycles. The maximum absolute atomic E-state index is 12.8. The molecule has 1 aromatic rings. The molecule has 2 bridgehead atoms. The second-order valence-corrected chi connectivity index (χ2v) is 7.19. The van der Waals surface area contributed by atoms with Crippen molar-refractivity contribution in [1.29, 1.82) is 0 Å². The van der Waals surface area contributed by atoms with Crippen LogP contribution < -0.4 is 0 Å². The van der Waals surface area contributed by atoms with E-state index in [0.29, 0.717) is 12.1 Å². The van der Waals surface area contributed by atoms with E-state index in [9.17, 15) is 4.79 Å². The van der Waals surface area contributed by atoms with Gasteiger partial charge in [-0.15, -0.1) is 11.3 Å². The minimum Gasteiger partial charge on any atom is -0.331 e. The monoisotopic (exact) mass is 288 g/mol. The first-order valence-corrected chi connectivity index (χ1v) is 8.54. The van der Waals surface area contributed by atoms with Gasteiger partial charge in [0.15, 0.2) is 0 Å². The largest absolute Gasteiger partial charge is 0.331 e. The van der Waals surface area contributed by atoms with Gasteiger partial charge in [-0.3, -0.25) is 4.79 Å². The number of aromatic nitrogens is 1. The minimum atomic E-state index is 0.232. The molecule has 1 aromatic heterocycles. The number of amides is 1. The van der Waals surface area contributed by atoms with E-state index >= 15 is 0 Å². The molecule has 2 saturated heterocycles. The first-order valence-electron chi connectivity index (χ1n) is 7.66. The summed E-state index contributed by atoms with van der Waals surface area (Å²) in [5.41, 5.74) is 6.08. The molecule has 2 aliphatic heterocycles. The second kappa shape index (κ2) is 4.69. The van der Waals surface area contributed by atoms with Gasteiger partial charge in [-0.2, -0.15) is 0 Å². The third-order valence-corrected chi connectivity index (χ3v) is 6.13. The van der Waals surface area contributed by atoms with Crippen LogP contribution in [-0.2, 0) is 0 Å². The highest BCUT2D eigenvalue weighted by Crippen LogP contribution is 2.43. The first kappa shape index (κ1) is 12.6. The molecule has 3 nitrogen and oxygen atoms in total. The van der Waals surface area contributed by atoms with Crippen molar-refractivity contribution in [1.82, 2.24) is 9.88 Å². The van der Waals surface area contributed by atoms with Crippen LogP contribution in [-0.4, -0.2) is 27.9 Å². The van der Waals surface area contributed by atoms with Crippen LogP contribution in [0.4, 0.5) is 0 Å². The molecular formula is C16H20N2OS.